The summed E-state index contributed by atoms with van der Waals surface area (Å²) in [6.45, 7) is 0. The lowest BCUT2D eigenvalue weighted by Gasteiger charge is -2.41. The summed E-state index contributed by atoms with van der Waals surface area (Å²) in [6.07, 6.45) is 1.77. The maximum Gasteiger partial charge on any atom is 0.329 e. The molecule has 2 saturated heterocycles. The maximum atomic E-state index is 14.3. The van der Waals surface area contributed by atoms with Gasteiger partial charge in [-0.15, -0.1) is 0 Å². The zero-order valence-electron chi connectivity index (χ0n) is 18.7. The smallest absolute Gasteiger partial charge is 0.329 e. The van der Waals surface area contributed by atoms with Crippen LogP contribution in [0.5, 0.6) is 11.8 Å². The van der Waals surface area contributed by atoms with E-state index in [0.717, 1.165) is 4.57 Å². The Bertz CT molecular complexity index is 1290. The van der Waals surface area contributed by atoms with Crippen LogP contribution >= 0.6 is 0 Å². The predicted molar refractivity (Wildman–Crippen MR) is 118 cm³/mol. The molecule has 2 N–H and O–H groups in total. The summed E-state index contributed by atoms with van der Waals surface area (Å²) in [5.74, 6) is -6.19. The van der Waals surface area contributed by atoms with Gasteiger partial charge in [-0.05, 0) is 49.8 Å². The fourth-order valence-corrected chi connectivity index (χ4v) is 5.76. The molecule has 10 heteroatoms. The number of rotatable bonds is 4. The Hall–Kier alpha value is -3.69. The topological polar surface area (TPSA) is 92.0 Å². The summed E-state index contributed by atoms with van der Waals surface area (Å²) in [7, 11) is 1.21. The van der Waals surface area contributed by atoms with Gasteiger partial charge in [-0.3, -0.25) is 9.36 Å². The highest BCUT2D eigenvalue weighted by molar-refractivity contribution is 5.95. The van der Waals surface area contributed by atoms with Crippen molar-refractivity contribution in [2.75, 3.05) is 7.11 Å². The van der Waals surface area contributed by atoms with Crippen LogP contribution in [-0.2, 0) is 9.53 Å². The highest BCUT2D eigenvalue weighted by Gasteiger charge is 2.48. The predicted octanol–water partition coefficient (Wildman–Crippen LogP) is 4.27. The lowest BCUT2D eigenvalue weighted by molar-refractivity contribution is -0.147. The molecule has 2 aliphatic rings. The van der Waals surface area contributed by atoms with Crippen LogP contribution < -0.4 is 0 Å². The number of fused-ring (bicyclic) bond motifs is 3. The third kappa shape index (κ3) is 3.59. The van der Waals surface area contributed by atoms with E-state index < -0.39 is 46.9 Å². The molecule has 1 amide bonds. The van der Waals surface area contributed by atoms with Crippen LogP contribution in [-0.4, -0.2) is 50.8 Å². The lowest BCUT2D eigenvalue weighted by Crippen LogP contribution is -2.49. The molecule has 2 aromatic carbocycles. The number of piperidine rings is 1. The zero-order chi connectivity index (χ0) is 25.0. The maximum absolute atomic E-state index is 14.3. The molecule has 184 valence electrons. The molecule has 3 atom stereocenters. The van der Waals surface area contributed by atoms with Crippen LogP contribution in [0.3, 0.4) is 0 Å². The van der Waals surface area contributed by atoms with Gasteiger partial charge in [-0.25, -0.2) is 18.0 Å². The minimum Gasteiger partial charge on any atom is -0.494 e. The van der Waals surface area contributed by atoms with Gasteiger partial charge in [0.15, 0.2) is 11.6 Å². The molecule has 35 heavy (non-hydrogen) atoms. The van der Waals surface area contributed by atoms with Gasteiger partial charge in [-0.1, -0.05) is 12.1 Å². The van der Waals surface area contributed by atoms with Crippen LogP contribution in [0.4, 0.5) is 13.2 Å². The normalized spacial score (nSPS) is 22.4. The van der Waals surface area contributed by atoms with Crippen molar-refractivity contribution in [1.29, 1.82) is 0 Å². The summed E-state index contributed by atoms with van der Waals surface area (Å²) < 4.78 is 47.6. The zero-order valence-corrected chi connectivity index (χ0v) is 18.7. The molecule has 0 radical (unpaired) electrons. The number of aromatic hydroxyl groups is 2. The molecule has 3 heterocycles. The SMILES string of the molecule is COC(=O)[C@H](C1CC2CCC(C1)N2C(=O)c1cc(F)c(F)cc1F)n1c(O)c2ccccc2c1O. The number of carbonyl (C=O) groups excluding carboxylic acids is 2. The number of nitrogens with zero attached hydrogens (tertiary/aromatic N) is 2. The first kappa shape index (κ1) is 23.1. The largest absolute Gasteiger partial charge is 0.494 e. The Labute approximate surface area is 198 Å². The van der Waals surface area contributed by atoms with Crippen molar-refractivity contribution in [2.24, 2.45) is 5.92 Å². The number of esters is 1. The van der Waals surface area contributed by atoms with Crippen LogP contribution in [0.1, 0.15) is 42.1 Å². The van der Waals surface area contributed by atoms with Crippen LogP contribution in [0, 0.1) is 23.4 Å². The number of carbonyl (C=O) groups is 2. The van der Waals surface area contributed by atoms with Crippen molar-refractivity contribution >= 4 is 22.6 Å². The second-order valence-corrected chi connectivity index (χ2v) is 9.11. The monoisotopic (exact) mass is 488 g/mol. The Morgan fingerprint density at radius 3 is 2.03 bits per heavy atom. The molecule has 2 unspecified atom stereocenters. The number of aromatic nitrogens is 1. The van der Waals surface area contributed by atoms with E-state index in [9.17, 15) is 33.0 Å². The van der Waals surface area contributed by atoms with E-state index >= 15 is 0 Å². The standard InChI is InChI=1S/C25H23F3N2O5/c1-35-25(34)21(30-22(31)15-4-2-3-5-16(15)23(30)32)12-8-13-6-7-14(9-12)29(13)24(33)17-10-19(27)20(28)11-18(17)26/h2-5,10-14,21,31-32H,6-9H2,1H3/t12?,13?,14?,21-/m0/s1. The van der Waals surface area contributed by atoms with Crippen LogP contribution in [0.2, 0.25) is 0 Å². The van der Waals surface area contributed by atoms with E-state index in [2.05, 4.69) is 0 Å². The number of methoxy groups -OCH3 is 1. The quantitative estimate of drug-likeness (QED) is 0.423. The first-order valence-corrected chi connectivity index (χ1v) is 11.3. The van der Waals surface area contributed by atoms with Gasteiger partial charge in [0, 0.05) is 28.9 Å². The highest BCUT2D eigenvalue weighted by atomic mass is 19.2. The molecule has 2 fully saturated rings. The fourth-order valence-electron chi connectivity index (χ4n) is 5.76. The first-order chi connectivity index (χ1) is 16.7. The van der Waals surface area contributed by atoms with Gasteiger partial charge in [-0.2, -0.15) is 0 Å². The van der Waals surface area contributed by atoms with Crippen molar-refractivity contribution in [3.05, 3.63) is 59.4 Å². The Morgan fingerprint density at radius 2 is 1.49 bits per heavy atom. The molecule has 5 rings (SSSR count). The van der Waals surface area contributed by atoms with E-state index in [1.54, 1.807) is 24.3 Å². The molecule has 1 aromatic heterocycles. The molecule has 0 spiro atoms. The average molecular weight is 488 g/mol. The fraction of sp³-hybridized carbons (Fsp3) is 0.360. The number of hydrogen-bond acceptors (Lipinski definition) is 5. The molecular weight excluding hydrogens is 465 g/mol. The van der Waals surface area contributed by atoms with Gasteiger partial charge in [0.2, 0.25) is 11.8 Å². The van der Waals surface area contributed by atoms with Gasteiger partial charge in [0.05, 0.1) is 12.7 Å². The van der Waals surface area contributed by atoms with E-state index in [4.69, 9.17) is 4.74 Å². The van der Waals surface area contributed by atoms with Crippen molar-refractivity contribution in [3.8, 4) is 11.8 Å². The highest BCUT2D eigenvalue weighted by Crippen LogP contribution is 2.48. The van der Waals surface area contributed by atoms with Crippen molar-refractivity contribution < 1.29 is 37.7 Å². The lowest BCUT2D eigenvalue weighted by atomic mass is 9.84. The summed E-state index contributed by atoms with van der Waals surface area (Å²) in [4.78, 5) is 27.5. The minimum atomic E-state index is -1.37. The van der Waals surface area contributed by atoms with Crippen molar-refractivity contribution in [2.45, 2.75) is 43.8 Å². The summed E-state index contributed by atoms with van der Waals surface area (Å²) >= 11 is 0. The van der Waals surface area contributed by atoms with E-state index in [1.165, 1.54) is 12.0 Å². The number of hydrogen-bond donors (Lipinski definition) is 2. The second kappa shape index (κ2) is 8.51. The molecular formula is C25H23F3N2O5. The van der Waals surface area contributed by atoms with Crippen molar-refractivity contribution in [1.82, 2.24) is 9.47 Å². The van der Waals surface area contributed by atoms with E-state index in [0.29, 0.717) is 48.6 Å². The summed E-state index contributed by atoms with van der Waals surface area (Å²) in [5.41, 5.74) is -0.546. The average Bonchev–Trinajstić information content (AvgIpc) is 3.25. The molecule has 2 bridgehead atoms. The number of benzene rings is 2. The third-order valence-corrected chi connectivity index (χ3v) is 7.28. The Morgan fingerprint density at radius 1 is 0.943 bits per heavy atom. The van der Waals surface area contributed by atoms with Gasteiger partial charge < -0.3 is 19.8 Å². The molecule has 2 aliphatic heterocycles. The van der Waals surface area contributed by atoms with Gasteiger partial charge in [0.25, 0.3) is 5.91 Å². The molecule has 7 nitrogen and oxygen atoms in total. The van der Waals surface area contributed by atoms with Gasteiger partial charge in [0.1, 0.15) is 11.9 Å². The summed E-state index contributed by atoms with van der Waals surface area (Å²) in [6, 6.07) is 5.71. The van der Waals surface area contributed by atoms with Crippen molar-refractivity contribution in [3.63, 3.8) is 0 Å². The second-order valence-electron chi connectivity index (χ2n) is 9.11. The Balaban J connectivity index is 1.48. The van der Waals surface area contributed by atoms with E-state index in [-0.39, 0.29) is 23.8 Å². The molecule has 0 aliphatic carbocycles. The van der Waals surface area contributed by atoms with Gasteiger partial charge >= 0.3 is 5.97 Å². The molecule has 0 saturated carbocycles. The number of ether oxygens (including phenoxy) is 1. The van der Waals surface area contributed by atoms with Crippen LogP contribution in [0.25, 0.3) is 10.8 Å². The minimum absolute atomic E-state index is 0.275. The summed E-state index contributed by atoms with van der Waals surface area (Å²) in [5, 5.41) is 22.5. The number of halogens is 3. The molecule has 3 aromatic rings. The number of amides is 1. The first-order valence-electron chi connectivity index (χ1n) is 11.3. The Kier molecular flexibility index (Phi) is 5.61. The van der Waals surface area contributed by atoms with E-state index in [1.807, 2.05) is 0 Å². The van der Waals surface area contributed by atoms with Crippen LogP contribution in [0.15, 0.2) is 36.4 Å². The third-order valence-electron chi connectivity index (χ3n) is 7.28.